The van der Waals surface area contributed by atoms with Gasteiger partial charge in [0.1, 0.15) is 0 Å². The number of benzene rings is 1. The van der Waals surface area contributed by atoms with E-state index in [9.17, 15) is 13.2 Å². The molecular formula is C13H16N2O3S. The molecule has 1 heterocycles. The fourth-order valence-corrected chi connectivity index (χ4v) is 2.44. The van der Waals surface area contributed by atoms with Crippen molar-refractivity contribution in [3.8, 4) is 0 Å². The van der Waals surface area contributed by atoms with Crippen molar-refractivity contribution in [3.63, 3.8) is 0 Å². The molecule has 1 aromatic rings. The minimum Gasteiger partial charge on any atom is -0.335 e. The van der Waals surface area contributed by atoms with Gasteiger partial charge in [-0.2, -0.15) is 0 Å². The summed E-state index contributed by atoms with van der Waals surface area (Å²) in [6.45, 7) is 3.34. The third-order valence-corrected chi connectivity index (χ3v) is 4.08. The van der Waals surface area contributed by atoms with Crippen LogP contribution in [0.3, 0.4) is 0 Å². The molecule has 1 aromatic carbocycles. The van der Waals surface area contributed by atoms with Crippen molar-refractivity contribution in [1.82, 2.24) is 4.90 Å². The molecule has 0 aliphatic carbocycles. The predicted octanol–water partition coefficient (Wildman–Crippen LogP) is 1.13. The van der Waals surface area contributed by atoms with E-state index in [1.807, 2.05) is 13.0 Å². The monoisotopic (exact) mass is 280 g/mol. The summed E-state index contributed by atoms with van der Waals surface area (Å²) in [5.41, 5.74) is 1.76. The Morgan fingerprint density at radius 3 is 2.37 bits per heavy atom. The van der Waals surface area contributed by atoms with E-state index in [0.717, 1.165) is 6.42 Å². The lowest BCUT2D eigenvalue weighted by atomic mass is 10.1. The van der Waals surface area contributed by atoms with Gasteiger partial charge in [0.2, 0.25) is 10.0 Å². The summed E-state index contributed by atoms with van der Waals surface area (Å²) >= 11 is 0. The van der Waals surface area contributed by atoms with Crippen molar-refractivity contribution in [2.45, 2.75) is 18.2 Å². The first-order chi connectivity index (χ1) is 8.88. The van der Waals surface area contributed by atoms with Gasteiger partial charge in [0.05, 0.1) is 4.90 Å². The van der Waals surface area contributed by atoms with Gasteiger partial charge in [0.15, 0.2) is 0 Å². The fraction of sp³-hybridized carbons (Fsp3) is 0.308. The molecule has 0 spiro atoms. The molecule has 2 N–H and O–H groups in total. The average Bonchev–Trinajstić information content (AvgIpc) is 2.38. The molecule has 102 valence electrons. The van der Waals surface area contributed by atoms with Crippen LogP contribution in [0.1, 0.15) is 23.7 Å². The first-order valence-electron chi connectivity index (χ1n) is 5.96. The number of primary sulfonamides is 1. The highest BCUT2D eigenvalue weighted by Gasteiger charge is 2.18. The molecule has 1 aliphatic heterocycles. The SMILES string of the molecule is CC1=CCN(C(=O)c2ccc(S(N)(=O)=O)cc2)CC1. The quantitative estimate of drug-likeness (QED) is 0.824. The van der Waals surface area contributed by atoms with Crippen LogP contribution >= 0.6 is 0 Å². The van der Waals surface area contributed by atoms with Crippen LogP contribution in [0.4, 0.5) is 0 Å². The highest BCUT2D eigenvalue weighted by molar-refractivity contribution is 7.89. The van der Waals surface area contributed by atoms with E-state index in [4.69, 9.17) is 5.14 Å². The molecule has 0 saturated carbocycles. The Bertz CT molecular complexity index is 618. The third kappa shape index (κ3) is 3.21. The molecule has 0 radical (unpaired) electrons. The van der Waals surface area contributed by atoms with Gasteiger partial charge in [-0.25, -0.2) is 13.6 Å². The lowest BCUT2D eigenvalue weighted by Gasteiger charge is -2.25. The Morgan fingerprint density at radius 2 is 1.89 bits per heavy atom. The molecule has 5 nitrogen and oxygen atoms in total. The molecule has 1 amide bonds. The number of nitrogens with two attached hydrogens (primary N) is 1. The van der Waals surface area contributed by atoms with Crippen molar-refractivity contribution < 1.29 is 13.2 Å². The van der Waals surface area contributed by atoms with Gasteiger partial charge >= 0.3 is 0 Å². The van der Waals surface area contributed by atoms with Gasteiger partial charge in [-0.1, -0.05) is 11.6 Å². The van der Waals surface area contributed by atoms with Crippen LogP contribution in [-0.4, -0.2) is 32.3 Å². The number of amides is 1. The van der Waals surface area contributed by atoms with Crippen LogP contribution in [0.15, 0.2) is 40.8 Å². The molecular weight excluding hydrogens is 264 g/mol. The van der Waals surface area contributed by atoms with E-state index < -0.39 is 10.0 Å². The summed E-state index contributed by atoms with van der Waals surface area (Å²) in [6, 6.07) is 5.70. The lowest BCUT2D eigenvalue weighted by Crippen LogP contribution is -2.34. The summed E-state index contributed by atoms with van der Waals surface area (Å²) in [5, 5.41) is 5.01. The zero-order valence-electron chi connectivity index (χ0n) is 10.7. The number of hydrogen-bond donors (Lipinski definition) is 1. The molecule has 0 saturated heterocycles. The van der Waals surface area contributed by atoms with Crippen molar-refractivity contribution >= 4 is 15.9 Å². The normalized spacial score (nSPS) is 16.1. The average molecular weight is 280 g/mol. The predicted molar refractivity (Wildman–Crippen MR) is 72.1 cm³/mol. The molecule has 19 heavy (non-hydrogen) atoms. The molecule has 0 aromatic heterocycles. The number of carbonyl (C=O) groups excluding carboxylic acids is 1. The highest BCUT2D eigenvalue weighted by Crippen LogP contribution is 2.15. The molecule has 0 unspecified atom stereocenters. The second-order valence-corrected chi connectivity index (χ2v) is 6.18. The number of hydrogen-bond acceptors (Lipinski definition) is 3. The van der Waals surface area contributed by atoms with Gasteiger partial charge in [-0.05, 0) is 37.6 Å². The molecule has 2 rings (SSSR count). The maximum atomic E-state index is 12.2. The lowest BCUT2D eigenvalue weighted by molar-refractivity contribution is 0.0769. The molecule has 0 atom stereocenters. The third-order valence-electron chi connectivity index (χ3n) is 3.15. The zero-order valence-corrected chi connectivity index (χ0v) is 11.5. The maximum absolute atomic E-state index is 12.2. The van der Waals surface area contributed by atoms with Crippen molar-refractivity contribution in [1.29, 1.82) is 0 Å². The second kappa shape index (κ2) is 5.14. The van der Waals surface area contributed by atoms with Crippen molar-refractivity contribution in [3.05, 3.63) is 41.5 Å². The second-order valence-electron chi connectivity index (χ2n) is 4.62. The smallest absolute Gasteiger partial charge is 0.254 e. The fourth-order valence-electron chi connectivity index (χ4n) is 1.92. The van der Waals surface area contributed by atoms with Gasteiger partial charge in [-0.3, -0.25) is 4.79 Å². The summed E-state index contributed by atoms with van der Waals surface area (Å²) in [6.07, 6.45) is 2.90. The number of sulfonamides is 1. The van der Waals surface area contributed by atoms with Crippen LogP contribution < -0.4 is 5.14 Å². The maximum Gasteiger partial charge on any atom is 0.254 e. The first kappa shape index (κ1) is 13.8. The summed E-state index contributed by atoms with van der Waals surface area (Å²) in [4.78, 5) is 13.9. The zero-order chi connectivity index (χ0) is 14.0. The standard InChI is InChI=1S/C13H16N2O3S/c1-10-6-8-15(9-7-10)13(16)11-2-4-12(5-3-11)19(14,17)18/h2-6H,7-9H2,1H3,(H2,14,17,18). The van der Waals surface area contributed by atoms with E-state index in [1.54, 1.807) is 4.90 Å². The minimum atomic E-state index is -3.71. The largest absolute Gasteiger partial charge is 0.335 e. The Kier molecular flexibility index (Phi) is 3.73. The van der Waals surface area contributed by atoms with E-state index in [2.05, 4.69) is 0 Å². The van der Waals surface area contributed by atoms with E-state index in [-0.39, 0.29) is 10.8 Å². The Morgan fingerprint density at radius 1 is 1.26 bits per heavy atom. The van der Waals surface area contributed by atoms with Crippen LogP contribution in [0.25, 0.3) is 0 Å². The minimum absolute atomic E-state index is 0.0124. The Balaban J connectivity index is 2.17. The Labute approximate surface area is 112 Å². The molecule has 0 fully saturated rings. The van der Waals surface area contributed by atoms with Crippen LogP contribution in [0.5, 0.6) is 0 Å². The highest BCUT2D eigenvalue weighted by atomic mass is 32.2. The van der Waals surface area contributed by atoms with Gasteiger partial charge < -0.3 is 4.90 Å². The Hall–Kier alpha value is -1.66. The molecule has 1 aliphatic rings. The number of carbonyl (C=O) groups is 1. The summed E-state index contributed by atoms with van der Waals surface area (Å²) in [7, 11) is -3.71. The van der Waals surface area contributed by atoms with E-state index in [0.29, 0.717) is 18.7 Å². The van der Waals surface area contributed by atoms with Crippen molar-refractivity contribution in [2.75, 3.05) is 13.1 Å². The van der Waals surface area contributed by atoms with Crippen molar-refractivity contribution in [2.24, 2.45) is 5.14 Å². The summed E-state index contributed by atoms with van der Waals surface area (Å²) < 4.78 is 22.3. The van der Waals surface area contributed by atoms with Gasteiger partial charge in [0.25, 0.3) is 5.91 Å². The van der Waals surface area contributed by atoms with Gasteiger partial charge in [0, 0.05) is 18.7 Å². The van der Waals surface area contributed by atoms with Crippen LogP contribution in [-0.2, 0) is 10.0 Å². The van der Waals surface area contributed by atoms with E-state index >= 15 is 0 Å². The molecule has 0 bridgehead atoms. The molecule has 6 heteroatoms. The van der Waals surface area contributed by atoms with Crippen LogP contribution in [0, 0.1) is 0 Å². The van der Waals surface area contributed by atoms with E-state index in [1.165, 1.54) is 29.8 Å². The van der Waals surface area contributed by atoms with Gasteiger partial charge in [-0.15, -0.1) is 0 Å². The number of nitrogens with zero attached hydrogens (tertiary/aromatic N) is 1. The first-order valence-corrected chi connectivity index (χ1v) is 7.50. The number of rotatable bonds is 2. The topological polar surface area (TPSA) is 80.5 Å². The van der Waals surface area contributed by atoms with Crippen LogP contribution in [0.2, 0.25) is 0 Å². The summed E-state index contributed by atoms with van der Waals surface area (Å²) in [5.74, 6) is -0.0929.